The lowest BCUT2D eigenvalue weighted by Crippen LogP contribution is -2.15. The van der Waals surface area contributed by atoms with Gasteiger partial charge in [0.25, 0.3) is 0 Å². The van der Waals surface area contributed by atoms with Crippen LogP contribution in [0.1, 0.15) is 35.2 Å². The van der Waals surface area contributed by atoms with Gasteiger partial charge in [-0.3, -0.25) is 4.79 Å². The molecular weight excluding hydrogens is 414 g/mol. The lowest BCUT2D eigenvalue weighted by molar-refractivity contribution is -0.113. The topological polar surface area (TPSA) is 72.7 Å². The Labute approximate surface area is 182 Å². The van der Waals surface area contributed by atoms with E-state index in [-0.39, 0.29) is 11.7 Å². The van der Waals surface area contributed by atoms with Crippen LogP contribution in [0, 0.1) is 6.92 Å². The van der Waals surface area contributed by atoms with Crippen LogP contribution in [0.3, 0.4) is 0 Å². The van der Waals surface area contributed by atoms with E-state index in [2.05, 4.69) is 37.2 Å². The van der Waals surface area contributed by atoms with Crippen molar-refractivity contribution in [3.63, 3.8) is 0 Å². The molecule has 2 aromatic carbocycles. The summed E-state index contributed by atoms with van der Waals surface area (Å²) < 4.78 is 3.24. The Bertz CT molecular complexity index is 1200. The van der Waals surface area contributed by atoms with Crippen molar-refractivity contribution in [3.05, 3.63) is 64.9 Å². The van der Waals surface area contributed by atoms with Crippen LogP contribution in [-0.4, -0.2) is 31.4 Å². The third-order valence-corrected chi connectivity index (χ3v) is 6.88. The van der Waals surface area contributed by atoms with Gasteiger partial charge in [0.2, 0.25) is 5.91 Å². The summed E-state index contributed by atoms with van der Waals surface area (Å²) in [7, 11) is 0. The maximum Gasteiger partial charge on any atom is 0.234 e. The summed E-state index contributed by atoms with van der Waals surface area (Å²) in [5.74, 6) is 1.77. The third kappa shape index (κ3) is 4.24. The second kappa shape index (κ2) is 8.20. The molecule has 2 aromatic heterocycles. The Kier molecular flexibility index (Phi) is 5.26. The minimum atomic E-state index is -0.0529. The van der Waals surface area contributed by atoms with Crippen molar-refractivity contribution in [2.24, 2.45) is 0 Å². The number of amides is 1. The number of fused-ring (bicyclic) bond motifs is 1. The number of thiazole rings is 1. The summed E-state index contributed by atoms with van der Waals surface area (Å²) >= 11 is 3.06. The normalized spacial score (nSPS) is 13.6. The van der Waals surface area contributed by atoms with Crippen LogP contribution in [0.5, 0.6) is 0 Å². The SMILES string of the molecule is Cc1nc2ccc(NC(=O)CSc3nnc(C4CC4)n3Cc3ccccc3)cc2s1. The quantitative estimate of drug-likeness (QED) is 0.420. The van der Waals surface area contributed by atoms with E-state index in [0.29, 0.717) is 5.92 Å². The average molecular weight is 436 g/mol. The van der Waals surface area contributed by atoms with Crippen molar-refractivity contribution in [2.45, 2.75) is 37.4 Å². The number of anilines is 1. The largest absolute Gasteiger partial charge is 0.325 e. The maximum absolute atomic E-state index is 12.5. The van der Waals surface area contributed by atoms with E-state index >= 15 is 0 Å². The summed E-state index contributed by atoms with van der Waals surface area (Å²) in [6.45, 7) is 2.71. The minimum absolute atomic E-state index is 0.0529. The Balaban J connectivity index is 1.27. The van der Waals surface area contributed by atoms with E-state index < -0.39 is 0 Å². The van der Waals surface area contributed by atoms with Crippen molar-refractivity contribution >= 4 is 44.9 Å². The number of thioether (sulfide) groups is 1. The van der Waals surface area contributed by atoms with Crippen LogP contribution < -0.4 is 5.32 Å². The molecule has 1 N–H and O–H groups in total. The smallest absolute Gasteiger partial charge is 0.234 e. The molecule has 0 bridgehead atoms. The summed E-state index contributed by atoms with van der Waals surface area (Å²) in [6.07, 6.45) is 2.33. The molecule has 152 valence electrons. The fraction of sp³-hybridized carbons (Fsp3) is 0.273. The highest BCUT2D eigenvalue weighted by atomic mass is 32.2. The molecule has 30 heavy (non-hydrogen) atoms. The van der Waals surface area contributed by atoms with E-state index in [1.54, 1.807) is 11.3 Å². The van der Waals surface area contributed by atoms with E-state index in [1.807, 2.05) is 43.3 Å². The molecule has 0 radical (unpaired) electrons. The van der Waals surface area contributed by atoms with Crippen molar-refractivity contribution in [1.29, 1.82) is 0 Å². The lowest BCUT2D eigenvalue weighted by atomic mass is 10.2. The van der Waals surface area contributed by atoms with Gasteiger partial charge < -0.3 is 9.88 Å². The molecule has 4 aromatic rings. The highest BCUT2D eigenvalue weighted by Crippen LogP contribution is 2.40. The first-order valence-electron chi connectivity index (χ1n) is 9.92. The Morgan fingerprint density at radius 3 is 2.83 bits per heavy atom. The fourth-order valence-electron chi connectivity index (χ4n) is 3.41. The van der Waals surface area contributed by atoms with Gasteiger partial charge in [-0.1, -0.05) is 42.1 Å². The van der Waals surface area contributed by atoms with Crippen molar-refractivity contribution in [3.8, 4) is 0 Å². The number of benzene rings is 2. The van der Waals surface area contributed by atoms with Gasteiger partial charge in [-0.05, 0) is 43.5 Å². The van der Waals surface area contributed by atoms with Crippen molar-refractivity contribution < 1.29 is 4.79 Å². The molecule has 0 saturated heterocycles. The zero-order valence-corrected chi connectivity index (χ0v) is 18.2. The fourth-order valence-corrected chi connectivity index (χ4v) is 5.02. The maximum atomic E-state index is 12.5. The molecule has 1 fully saturated rings. The van der Waals surface area contributed by atoms with Gasteiger partial charge in [0.05, 0.1) is 27.5 Å². The van der Waals surface area contributed by atoms with Crippen LogP contribution in [0.15, 0.2) is 53.7 Å². The number of nitrogens with one attached hydrogen (secondary N) is 1. The molecule has 0 aliphatic heterocycles. The Morgan fingerprint density at radius 1 is 1.20 bits per heavy atom. The Morgan fingerprint density at radius 2 is 2.03 bits per heavy atom. The summed E-state index contributed by atoms with van der Waals surface area (Å²) in [5, 5.41) is 13.6. The molecule has 1 aliphatic carbocycles. The number of carbonyl (C=O) groups excluding carboxylic acids is 1. The molecular formula is C22H21N5OS2. The molecule has 2 heterocycles. The molecule has 0 spiro atoms. The number of aromatic nitrogens is 4. The summed E-state index contributed by atoms with van der Waals surface area (Å²) in [5.41, 5.74) is 2.96. The number of carbonyl (C=O) groups is 1. The van der Waals surface area contributed by atoms with E-state index in [1.165, 1.54) is 17.3 Å². The lowest BCUT2D eigenvalue weighted by Gasteiger charge is -2.10. The van der Waals surface area contributed by atoms with E-state index in [4.69, 9.17) is 0 Å². The first-order chi connectivity index (χ1) is 14.7. The number of rotatable bonds is 7. The van der Waals surface area contributed by atoms with E-state index in [9.17, 15) is 4.79 Å². The van der Waals surface area contributed by atoms with Crippen LogP contribution in [-0.2, 0) is 11.3 Å². The number of hydrogen-bond acceptors (Lipinski definition) is 6. The second-order valence-corrected chi connectivity index (χ2v) is 9.62. The predicted molar refractivity (Wildman–Crippen MR) is 121 cm³/mol. The van der Waals surface area contributed by atoms with E-state index in [0.717, 1.165) is 51.3 Å². The van der Waals surface area contributed by atoms with Crippen molar-refractivity contribution in [2.75, 3.05) is 11.1 Å². The zero-order valence-electron chi connectivity index (χ0n) is 16.5. The molecule has 1 amide bonds. The highest BCUT2D eigenvalue weighted by molar-refractivity contribution is 7.99. The first kappa shape index (κ1) is 19.3. The first-order valence-corrected chi connectivity index (χ1v) is 11.7. The monoisotopic (exact) mass is 435 g/mol. The Hall–Kier alpha value is -2.71. The predicted octanol–water partition coefficient (Wildman–Crippen LogP) is 4.85. The van der Waals surface area contributed by atoms with Gasteiger partial charge in [0, 0.05) is 11.6 Å². The summed E-state index contributed by atoms with van der Waals surface area (Å²) in [4.78, 5) is 17.0. The number of aryl methyl sites for hydroxylation is 1. The van der Waals surface area contributed by atoms with Gasteiger partial charge in [-0.25, -0.2) is 4.98 Å². The molecule has 8 heteroatoms. The molecule has 6 nitrogen and oxygen atoms in total. The number of nitrogens with zero attached hydrogens (tertiary/aromatic N) is 4. The zero-order chi connectivity index (χ0) is 20.5. The standard InChI is InChI=1S/C22H21N5OS2/c1-14-23-18-10-9-17(11-19(18)30-14)24-20(28)13-29-22-26-25-21(16-7-8-16)27(22)12-15-5-3-2-4-6-15/h2-6,9-11,16H,7-8,12-13H2,1H3,(H,24,28). The average Bonchev–Trinajstić information content (AvgIpc) is 3.40. The molecule has 1 saturated carbocycles. The summed E-state index contributed by atoms with van der Waals surface area (Å²) in [6, 6.07) is 16.1. The highest BCUT2D eigenvalue weighted by Gasteiger charge is 2.30. The van der Waals surface area contributed by atoms with Crippen LogP contribution >= 0.6 is 23.1 Å². The van der Waals surface area contributed by atoms with Crippen LogP contribution in [0.2, 0.25) is 0 Å². The van der Waals surface area contributed by atoms with Gasteiger partial charge in [-0.15, -0.1) is 21.5 Å². The van der Waals surface area contributed by atoms with Gasteiger partial charge >= 0.3 is 0 Å². The van der Waals surface area contributed by atoms with Gasteiger partial charge in [0.15, 0.2) is 5.16 Å². The molecule has 0 atom stereocenters. The molecule has 5 rings (SSSR count). The van der Waals surface area contributed by atoms with Gasteiger partial charge in [-0.2, -0.15) is 0 Å². The van der Waals surface area contributed by atoms with Crippen LogP contribution in [0.4, 0.5) is 5.69 Å². The van der Waals surface area contributed by atoms with Crippen molar-refractivity contribution in [1.82, 2.24) is 19.7 Å². The minimum Gasteiger partial charge on any atom is -0.325 e. The second-order valence-electron chi connectivity index (χ2n) is 7.44. The van der Waals surface area contributed by atoms with Crippen LogP contribution in [0.25, 0.3) is 10.2 Å². The third-order valence-electron chi connectivity index (χ3n) is 4.98. The number of hydrogen-bond donors (Lipinski definition) is 1. The van der Waals surface area contributed by atoms with Gasteiger partial charge in [0.1, 0.15) is 5.82 Å². The molecule has 1 aliphatic rings. The molecule has 0 unspecified atom stereocenters.